The molecule has 1 aromatic rings. The molecule has 10 heteroatoms. The highest BCUT2D eigenvalue weighted by molar-refractivity contribution is 7.91. The summed E-state index contributed by atoms with van der Waals surface area (Å²) in [5, 5.41) is 11.2. The van der Waals surface area contributed by atoms with Gasteiger partial charge < -0.3 is 11.1 Å². The molecule has 112 valence electrons. The summed E-state index contributed by atoms with van der Waals surface area (Å²) >= 11 is 0.724. The van der Waals surface area contributed by atoms with Crippen LogP contribution in [-0.4, -0.2) is 26.9 Å². The highest BCUT2D eigenvalue weighted by atomic mass is 32.2. The molecule has 0 aliphatic carbocycles. The molecule has 0 bridgehead atoms. The number of rotatable bonds is 4. The van der Waals surface area contributed by atoms with Crippen LogP contribution in [0.3, 0.4) is 0 Å². The predicted molar refractivity (Wildman–Crippen MR) is 70.3 cm³/mol. The highest BCUT2D eigenvalue weighted by Gasteiger charge is 2.31. The number of halogens is 3. The minimum absolute atomic E-state index is 0.0432. The minimum Gasteiger partial charge on any atom is -0.396 e. The van der Waals surface area contributed by atoms with Gasteiger partial charge in [-0.2, -0.15) is 18.4 Å². The van der Waals surface area contributed by atoms with Gasteiger partial charge in [-0.3, -0.25) is 0 Å². The van der Waals surface area contributed by atoms with Gasteiger partial charge in [-0.1, -0.05) is 0 Å². The SMILES string of the molecule is CC(CC(F)(F)F)Nc1sc(C#N)c(N)c1S(C)(=O)=O. The van der Waals surface area contributed by atoms with E-state index in [0.717, 1.165) is 17.6 Å². The Balaban J connectivity index is 3.17. The third-order valence-electron chi connectivity index (χ3n) is 2.29. The van der Waals surface area contributed by atoms with E-state index in [4.69, 9.17) is 11.0 Å². The Bertz CT molecular complexity index is 644. The van der Waals surface area contributed by atoms with Crippen molar-refractivity contribution < 1.29 is 21.6 Å². The van der Waals surface area contributed by atoms with Gasteiger partial charge >= 0.3 is 6.18 Å². The van der Waals surface area contributed by atoms with Crippen LogP contribution in [0.4, 0.5) is 23.9 Å². The standard InChI is InChI=1S/C10H12F3N3O2S2/c1-5(3-10(11,12)13)16-9-8(20(2,17)18)7(15)6(4-14)19-9/h5,16H,3,15H2,1-2H3. The first-order chi connectivity index (χ1) is 8.95. The molecular weight excluding hydrogens is 315 g/mol. The molecule has 0 radical (unpaired) electrons. The first-order valence-corrected chi connectivity index (χ1v) is 8.02. The monoisotopic (exact) mass is 327 g/mol. The molecule has 1 aromatic heterocycles. The van der Waals surface area contributed by atoms with Crippen LogP contribution < -0.4 is 11.1 Å². The normalized spacial score (nSPS) is 13.8. The summed E-state index contributed by atoms with van der Waals surface area (Å²) in [5.41, 5.74) is 5.32. The van der Waals surface area contributed by atoms with Crippen molar-refractivity contribution in [2.75, 3.05) is 17.3 Å². The Labute approximate surface area is 118 Å². The lowest BCUT2D eigenvalue weighted by molar-refractivity contribution is -0.136. The molecule has 5 nitrogen and oxygen atoms in total. The smallest absolute Gasteiger partial charge is 0.391 e. The van der Waals surface area contributed by atoms with E-state index in [1.54, 1.807) is 6.07 Å². The second kappa shape index (κ2) is 5.49. The summed E-state index contributed by atoms with van der Waals surface area (Å²) in [5.74, 6) is 0. The number of nitrogens with zero attached hydrogens (tertiary/aromatic N) is 1. The average Bonchev–Trinajstić information content (AvgIpc) is 2.50. The van der Waals surface area contributed by atoms with E-state index in [1.807, 2.05) is 0 Å². The van der Waals surface area contributed by atoms with E-state index < -0.39 is 28.5 Å². The summed E-state index contributed by atoms with van der Waals surface area (Å²) in [6.45, 7) is 1.27. The van der Waals surface area contributed by atoms with E-state index in [2.05, 4.69) is 5.32 Å². The van der Waals surface area contributed by atoms with Gasteiger partial charge in [-0.15, -0.1) is 11.3 Å². The Morgan fingerprint density at radius 1 is 1.50 bits per heavy atom. The maximum atomic E-state index is 12.3. The third-order valence-corrected chi connectivity index (χ3v) is 4.62. The van der Waals surface area contributed by atoms with E-state index in [9.17, 15) is 21.6 Å². The van der Waals surface area contributed by atoms with Crippen LogP contribution >= 0.6 is 11.3 Å². The maximum absolute atomic E-state index is 12.3. The van der Waals surface area contributed by atoms with Gasteiger partial charge in [0.05, 0.1) is 12.1 Å². The maximum Gasteiger partial charge on any atom is 0.391 e. The van der Waals surface area contributed by atoms with Crippen LogP contribution in [0.1, 0.15) is 18.2 Å². The Kier molecular flexibility index (Phi) is 4.55. The summed E-state index contributed by atoms with van der Waals surface area (Å²) in [7, 11) is -3.75. The highest BCUT2D eigenvalue weighted by Crippen LogP contribution is 2.39. The number of nitrogen functional groups attached to an aromatic ring is 1. The molecule has 20 heavy (non-hydrogen) atoms. The molecule has 0 amide bonds. The number of sulfone groups is 1. The predicted octanol–water partition coefficient (Wildman–Crippen LogP) is 2.36. The Morgan fingerprint density at radius 3 is 2.45 bits per heavy atom. The van der Waals surface area contributed by atoms with Crippen molar-refractivity contribution in [1.29, 1.82) is 5.26 Å². The first kappa shape index (κ1) is 16.6. The number of hydrogen-bond donors (Lipinski definition) is 2. The number of nitriles is 1. The zero-order valence-electron chi connectivity index (χ0n) is 10.6. The molecule has 1 rings (SSSR count). The molecule has 0 aliphatic heterocycles. The topological polar surface area (TPSA) is 96.0 Å². The van der Waals surface area contributed by atoms with Crippen molar-refractivity contribution in [2.24, 2.45) is 0 Å². The fourth-order valence-corrected chi connectivity index (χ4v) is 4.06. The molecule has 0 spiro atoms. The van der Waals surface area contributed by atoms with Crippen molar-refractivity contribution in [3.63, 3.8) is 0 Å². The second-order valence-electron chi connectivity index (χ2n) is 4.25. The molecule has 0 aliphatic rings. The molecule has 0 fully saturated rings. The first-order valence-electron chi connectivity index (χ1n) is 5.31. The van der Waals surface area contributed by atoms with Crippen LogP contribution in [0, 0.1) is 11.3 Å². The molecule has 0 saturated heterocycles. The summed E-state index contributed by atoms with van der Waals surface area (Å²) in [4.78, 5) is -0.375. The Hall–Kier alpha value is -1.47. The Morgan fingerprint density at radius 2 is 2.05 bits per heavy atom. The molecule has 1 heterocycles. The van der Waals surface area contributed by atoms with Crippen molar-refractivity contribution in [1.82, 2.24) is 0 Å². The van der Waals surface area contributed by atoms with Crippen molar-refractivity contribution in [2.45, 2.75) is 30.5 Å². The van der Waals surface area contributed by atoms with E-state index in [-0.39, 0.29) is 20.5 Å². The van der Waals surface area contributed by atoms with Gasteiger partial charge in [0.25, 0.3) is 0 Å². The lowest BCUT2D eigenvalue weighted by Crippen LogP contribution is -2.24. The molecule has 1 unspecified atom stereocenters. The van der Waals surface area contributed by atoms with Crippen molar-refractivity contribution in [3.05, 3.63) is 4.88 Å². The molecule has 1 atom stereocenters. The third kappa shape index (κ3) is 4.01. The van der Waals surface area contributed by atoms with Gasteiger partial charge in [0.15, 0.2) is 9.84 Å². The van der Waals surface area contributed by atoms with Gasteiger partial charge in [0, 0.05) is 12.3 Å². The summed E-state index contributed by atoms with van der Waals surface area (Å²) < 4.78 is 60.0. The second-order valence-corrected chi connectivity index (χ2v) is 7.22. The van der Waals surface area contributed by atoms with E-state index >= 15 is 0 Å². The lowest BCUT2D eigenvalue weighted by atomic mass is 10.2. The zero-order chi connectivity index (χ0) is 15.7. The van der Waals surface area contributed by atoms with Crippen LogP contribution in [0.15, 0.2) is 4.90 Å². The molecule has 3 N–H and O–H groups in total. The number of thiophene rings is 1. The zero-order valence-corrected chi connectivity index (χ0v) is 12.2. The summed E-state index contributed by atoms with van der Waals surface area (Å²) in [6.07, 6.45) is -4.62. The molecular formula is C10H12F3N3O2S2. The van der Waals surface area contributed by atoms with Crippen LogP contribution in [0.2, 0.25) is 0 Å². The lowest BCUT2D eigenvalue weighted by Gasteiger charge is -2.16. The van der Waals surface area contributed by atoms with E-state index in [1.165, 1.54) is 6.92 Å². The summed E-state index contributed by atoms with van der Waals surface area (Å²) in [6, 6.07) is 0.675. The quantitative estimate of drug-likeness (QED) is 0.885. The van der Waals surface area contributed by atoms with Gasteiger partial charge in [-0.05, 0) is 6.92 Å². The number of anilines is 2. The van der Waals surface area contributed by atoms with Gasteiger partial charge in [-0.25, -0.2) is 8.42 Å². The van der Waals surface area contributed by atoms with Crippen LogP contribution in [0.5, 0.6) is 0 Å². The molecule has 0 saturated carbocycles. The number of nitrogens with two attached hydrogens (primary N) is 1. The van der Waals surface area contributed by atoms with Crippen molar-refractivity contribution >= 4 is 31.9 Å². The van der Waals surface area contributed by atoms with Crippen LogP contribution in [-0.2, 0) is 9.84 Å². The molecule has 0 aromatic carbocycles. The van der Waals surface area contributed by atoms with Gasteiger partial charge in [0.1, 0.15) is 20.8 Å². The minimum atomic E-state index is -4.38. The number of hydrogen-bond acceptors (Lipinski definition) is 6. The number of nitrogens with one attached hydrogen (secondary N) is 1. The van der Waals surface area contributed by atoms with Crippen molar-refractivity contribution in [3.8, 4) is 6.07 Å². The van der Waals surface area contributed by atoms with Gasteiger partial charge in [0.2, 0.25) is 0 Å². The fourth-order valence-electron chi connectivity index (χ4n) is 1.60. The largest absolute Gasteiger partial charge is 0.396 e. The van der Waals surface area contributed by atoms with E-state index in [0.29, 0.717) is 0 Å². The van der Waals surface area contributed by atoms with Crippen LogP contribution in [0.25, 0.3) is 0 Å². The average molecular weight is 327 g/mol. The fraction of sp³-hybridized carbons (Fsp3) is 0.500. The number of alkyl halides is 3.